The number of aryl methyl sites for hydroxylation is 2. The largest absolute Gasteiger partial charge is 0.330 e. The van der Waals surface area contributed by atoms with Crippen LogP contribution in [0.15, 0.2) is 22.5 Å². The standard InChI is InChI=1S/C15H19N3OS2/c1-5-12-8-6-7-9(2)13(12)16-14-17-18-15(21-14)20-11(4)10(3)19/h6-8,11H,5H2,1-4H3,(H,16,17). The number of nitrogens with one attached hydrogen (secondary N) is 1. The van der Waals surface area contributed by atoms with Gasteiger partial charge in [-0.15, -0.1) is 10.2 Å². The maximum absolute atomic E-state index is 11.3. The Balaban J connectivity index is 2.15. The minimum atomic E-state index is -0.0875. The first-order valence-corrected chi connectivity index (χ1v) is 8.57. The summed E-state index contributed by atoms with van der Waals surface area (Å²) in [5.41, 5.74) is 3.56. The van der Waals surface area contributed by atoms with Crippen molar-refractivity contribution in [2.45, 2.75) is 43.7 Å². The summed E-state index contributed by atoms with van der Waals surface area (Å²) in [4.78, 5) is 11.3. The van der Waals surface area contributed by atoms with E-state index in [4.69, 9.17) is 0 Å². The van der Waals surface area contributed by atoms with Crippen LogP contribution in [0.4, 0.5) is 10.8 Å². The zero-order valence-corrected chi connectivity index (χ0v) is 14.3. The average molecular weight is 321 g/mol. The molecule has 2 rings (SSSR count). The monoisotopic (exact) mass is 321 g/mol. The first-order chi connectivity index (χ1) is 10.0. The number of thioether (sulfide) groups is 1. The number of Topliss-reactive ketones (excluding diaryl/α,β-unsaturated/α-hetero) is 1. The summed E-state index contributed by atoms with van der Waals surface area (Å²) in [6, 6.07) is 6.26. The van der Waals surface area contributed by atoms with E-state index in [1.807, 2.05) is 6.92 Å². The van der Waals surface area contributed by atoms with E-state index in [2.05, 4.69) is 47.6 Å². The smallest absolute Gasteiger partial charge is 0.210 e. The fraction of sp³-hybridized carbons (Fsp3) is 0.400. The van der Waals surface area contributed by atoms with Gasteiger partial charge in [0.2, 0.25) is 5.13 Å². The molecule has 0 saturated carbocycles. The van der Waals surface area contributed by atoms with Crippen LogP contribution >= 0.6 is 23.1 Å². The number of nitrogens with zero attached hydrogens (tertiary/aromatic N) is 2. The van der Waals surface area contributed by atoms with Gasteiger partial charge in [-0.05, 0) is 38.3 Å². The lowest BCUT2D eigenvalue weighted by Gasteiger charge is -2.11. The number of para-hydroxylation sites is 1. The molecule has 0 spiro atoms. The summed E-state index contributed by atoms with van der Waals surface area (Å²) in [7, 11) is 0. The van der Waals surface area contributed by atoms with Gasteiger partial charge in [-0.25, -0.2) is 0 Å². The van der Waals surface area contributed by atoms with Crippen molar-refractivity contribution in [1.82, 2.24) is 10.2 Å². The molecule has 0 aliphatic carbocycles. The second-order valence-electron chi connectivity index (χ2n) is 4.83. The van der Waals surface area contributed by atoms with Gasteiger partial charge in [-0.2, -0.15) is 0 Å². The number of ketones is 1. The molecular formula is C15H19N3OS2. The zero-order chi connectivity index (χ0) is 15.4. The lowest BCUT2D eigenvalue weighted by atomic mass is 10.1. The molecule has 0 aliphatic heterocycles. The number of aromatic nitrogens is 2. The van der Waals surface area contributed by atoms with Crippen molar-refractivity contribution >= 4 is 39.7 Å². The van der Waals surface area contributed by atoms with Gasteiger partial charge >= 0.3 is 0 Å². The molecule has 0 radical (unpaired) electrons. The normalized spacial score (nSPS) is 12.2. The summed E-state index contributed by atoms with van der Waals surface area (Å²) < 4.78 is 0.812. The van der Waals surface area contributed by atoms with Crippen LogP contribution in [0, 0.1) is 6.92 Å². The van der Waals surface area contributed by atoms with Crippen LogP contribution < -0.4 is 5.32 Å². The third-order valence-corrected chi connectivity index (χ3v) is 5.37. The Morgan fingerprint density at radius 1 is 1.43 bits per heavy atom. The number of benzene rings is 1. The van der Waals surface area contributed by atoms with Crippen LogP contribution in [0.3, 0.4) is 0 Å². The minimum absolute atomic E-state index is 0.0875. The molecule has 0 bridgehead atoms. The van der Waals surface area contributed by atoms with Crippen LogP contribution in [-0.4, -0.2) is 21.2 Å². The number of hydrogen-bond donors (Lipinski definition) is 1. The third kappa shape index (κ3) is 4.04. The Morgan fingerprint density at radius 2 is 2.19 bits per heavy atom. The Kier molecular flexibility index (Phi) is 5.36. The summed E-state index contributed by atoms with van der Waals surface area (Å²) in [6.07, 6.45) is 0.964. The first-order valence-electron chi connectivity index (χ1n) is 6.87. The predicted molar refractivity (Wildman–Crippen MR) is 89.7 cm³/mol. The molecule has 0 fully saturated rings. The van der Waals surface area contributed by atoms with Gasteiger partial charge in [0.05, 0.1) is 5.25 Å². The summed E-state index contributed by atoms with van der Waals surface area (Å²) >= 11 is 2.93. The van der Waals surface area contributed by atoms with E-state index < -0.39 is 0 Å². The Morgan fingerprint density at radius 3 is 2.86 bits per heavy atom. The lowest BCUT2D eigenvalue weighted by Crippen LogP contribution is -2.07. The van der Waals surface area contributed by atoms with E-state index in [9.17, 15) is 4.79 Å². The molecule has 1 aromatic heterocycles. The maximum atomic E-state index is 11.3. The number of carbonyl (C=O) groups excluding carboxylic acids is 1. The highest BCUT2D eigenvalue weighted by atomic mass is 32.2. The fourth-order valence-corrected chi connectivity index (χ4v) is 3.75. The van der Waals surface area contributed by atoms with Crippen molar-refractivity contribution in [2.75, 3.05) is 5.32 Å². The number of rotatable bonds is 6. The molecule has 6 heteroatoms. The molecule has 1 aromatic carbocycles. The van der Waals surface area contributed by atoms with Gasteiger partial charge in [-0.1, -0.05) is 48.2 Å². The highest BCUT2D eigenvalue weighted by Gasteiger charge is 2.14. The number of hydrogen-bond acceptors (Lipinski definition) is 6. The quantitative estimate of drug-likeness (QED) is 0.807. The molecule has 0 amide bonds. The van der Waals surface area contributed by atoms with Crippen molar-refractivity contribution in [3.8, 4) is 0 Å². The van der Waals surface area contributed by atoms with Crippen LogP contribution in [0.1, 0.15) is 31.9 Å². The summed E-state index contributed by atoms with van der Waals surface area (Å²) in [5.74, 6) is 0.150. The highest BCUT2D eigenvalue weighted by Crippen LogP contribution is 2.32. The second kappa shape index (κ2) is 7.04. The van der Waals surface area contributed by atoms with Crippen LogP contribution in [0.2, 0.25) is 0 Å². The minimum Gasteiger partial charge on any atom is -0.330 e. The van der Waals surface area contributed by atoms with Gasteiger partial charge in [0.15, 0.2) is 4.34 Å². The molecule has 4 nitrogen and oxygen atoms in total. The van der Waals surface area contributed by atoms with E-state index in [0.717, 1.165) is 21.6 Å². The SMILES string of the molecule is CCc1cccc(C)c1Nc1nnc(SC(C)C(C)=O)s1. The zero-order valence-electron chi connectivity index (χ0n) is 12.6. The van der Waals surface area contributed by atoms with Gasteiger partial charge in [0, 0.05) is 5.69 Å². The molecule has 1 N–H and O–H groups in total. The summed E-state index contributed by atoms with van der Waals surface area (Å²) in [5, 5.41) is 12.3. The van der Waals surface area contributed by atoms with Gasteiger partial charge in [-0.3, -0.25) is 4.79 Å². The molecular weight excluding hydrogens is 302 g/mol. The van der Waals surface area contributed by atoms with E-state index in [1.165, 1.54) is 34.2 Å². The molecule has 1 atom stereocenters. The van der Waals surface area contributed by atoms with Crippen molar-refractivity contribution in [3.63, 3.8) is 0 Å². The van der Waals surface area contributed by atoms with E-state index in [-0.39, 0.29) is 11.0 Å². The lowest BCUT2D eigenvalue weighted by molar-refractivity contribution is -0.116. The van der Waals surface area contributed by atoms with E-state index >= 15 is 0 Å². The second-order valence-corrected chi connectivity index (χ2v) is 7.40. The summed E-state index contributed by atoms with van der Waals surface area (Å²) in [6.45, 7) is 7.70. The Labute approximate surface area is 133 Å². The maximum Gasteiger partial charge on any atom is 0.210 e. The van der Waals surface area contributed by atoms with Crippen molar-refractivity contribution in [1.29, 1.82) is 0 Å². The molecule has 0 saturated heterocycles. The predicted octanol–water partition coefficient (Wildman–Crippen LogP) is 4.22. The van der Waals surface area contributed by atoms with Crippen molar-refractivity contribution in [2.24, 2.45) is 0 Å². The number of anilines is 2. The average Bonchev–Trinajstić information content (AvgIpc) is 2.88. The Bertz CT molecular complexity index is 640. The van der Waals surface area contributed by atoms with E-state index in [0.29, 0.717) is 0 Å². The van der Waals surface area contributed by atoms with Gasteiger partial charge in [0.1, 0.15) is 5.78 Å². The molecule has 1 unspecified atom stereocenters. The van der Waals surface area contributed by atoms with Crippen molar-refractivity contribution in [3.05, 3.63) is 29.3 Å². The first kappa shape index (κ1) is 16.0. The van der Waals surface area contributed by atoms with Crippen molar-refractivity contribution < 1.29 is 4.79 Å². The fourth-order valence-electron chi connectivity index (χ4n) is 1.85. The van der Waals surface area contributed by atoms with Gasteiger partial charge < -0.3 is 5.32 Å². The molecule has 1 heterocycles. The molecule has 21 heavy (non-hydrogen) atoms. The van der Waals surface area contributed by atoms with Crippen LogP contribution in [0.5, 0.6) is 0 Å². The third-order valence-electron chi connectivity index (χ3n) is 3.23. The van der Waals surface area contributed by atoms with Gasteiger partial charge in [0.25, 0.3) is 0 Å². The molecule has 2 aromatic rings. The van der Waals surface area contributed by atoms with E-state index in [1.54, 1.807) is 6.92 Å². The Hall–Kier alpha value is -1.40. The topological polar surface area (TPSA) is 54.9 Å². The molecule has 0 aliphatic rings. The highest BCUT2D eigenvalue weighted by molar-refractivity contribution is 8.02. The molecule has 112 valence electrons. The van der Waals surface area contributed by atoms with Crippen LogP contribution in [0.25, 0.3) is 0 Å². The van der Waals surface area contributed by atoms with Crippen LogP contribution in [-0.2, 0) is 11.2 Å². The number of carbonyl (C=O) groups is 1.